The summed E-state index contributed by atoms with van der Waals surface area (Å²) in [6.07, 6.45) is 3.27. The average molecular weight is 276 g/mol. The van der Waals surface area contributed by atoms with Crippen molar-refractivity contribution in [2.75, 3.05) is 29.1 Å². The number of nitrogens with zero attached hydrogens (tertiary/aromatic N) is 1. The first-order valence-corrected chi connectivity index (χ1v) is 7.07. The van der Waals surface area contributed by atoms with E-state index in [-0.39, 0.29) is 5.56 Å². The molecule has 0 atom stereocenters. The molecule has 1 aromatic heterocycles. The van der Waals surface area contributed by atoms with Gasteiger partial charge in [-0.2, -0.15) is 11.8 Å². The predicted octanol–water partition coefficient (Wildman–Crippen LogP) is 1.84. The Kier molecular flexibility index (Phi) is 4.46. The highest BCUT2D eigenvalue weighted by atomic mass is 32.2. The molecule has 0 unspecified atom stereocenters. The Balaban J connectivity index is 2.13. The van der Waals surface area contributed by atoms with Crippen LogP contribution in [0.15, 0.2) is 35.9 Å². The molecule has 2 aromatic rings. The fourth-order valence-corrected chi connectivity index (χ4v) is 2.29. The molecule has 0 aliphatic rings. The molecule has 19 heavy (non-hydrogen) atoms. The van der Waals surface area contributed by atoms with Gasteiger partial charge in [0.25, 0.3) is 5.56 Å². The molecule has 0 saturated carbocycles. The second-order valence-corrected chi connectivity index (χ2v) is 5.13. The van der Waals surface area contributed by atoms with Crippen molar-refractivity contribution < 1.29 is 0 Å². The van der Waals surface area contributed by atoms with E-state index in [1.54, 1.807) is 23.9 Å². The molecule has 1 heterocycles. The van der Waals surface area contributed by atoms with E-state index in [4.69, 9.17) is 5.73 Å². The summed E-state index contributed by atoms with van der Waals surface area (Å²) in [6, 6.07) is 3.46. The molecule has 5 nitrogen and oxygen atoms in total. The van der Waals surface area contributed by atoms with Gasteiger partial charge in [0, 0.05) is 18.1 Å². The van der Waals surface area contributed by atoms with Gasteiger partial charge in [-0.15, -0.1) is 6.58 Å². The van der Waals surface area contributed by atoms with Crippen LogP contribution in [0.3, 0.4) is 0 Å². The maximum Gasteiger partial charge on any atom is 0.258 e. The minimum absolute atomic E-state index is 0.176. The maximum atomic E-state index is 11.6. The maximum absolute atomic E-state index is 11.6. The molecule has 6 heteroatoms. The molecule has 4 N–H and O–H groups in total. The largest absolute Gasteiger partial charge is 0.397 e. The topological polar surface area (TPSA) is 83.8 Å². The van der Waals surface area contributed by atoms with Crippen LogP contribution in [-0.4, -0.2) is 28.0 Å². The number of aromatic nitrogens is 2. The molecule has 0 amide bonds. The first kappa shape index (κ1) is 13.5. The SMILES string of the molecule is C=CCSCCNc1cc2nc[nH]c(=O)c2cc1N. The highest BCUT2D eigenvalue weighted by Gasteiger charge is 2.05. The van der Waals surface area contributed by atoms with Crippen LogP contribution < -0.4 is 16.6 Å². The number of nitrogen functional groups attached to an aromatic ring is 1. The minimum atomic E-state index is -0.176. The van der Waals surface area contributed by atoms with E-state index in [9.17, 15) is 4.79 Å². The zero-order valence-electron chi connectivity index (χ0n) is 10.5. The van der Waals surface area contributed by atoms with Crippen molar-refractivity contribution in [3.8, 4) is 0 Å². The summed E-state index contributed by atoms with van der Waals surface area (Å²) in [5.74, 6) is 1.90. The Labute approximate surface area is 115 Å². The lowest BCUT2D eigenvalue weighted by Crippen LogP contribution is -2.10. The van der Waals surface area contributed by atoms with Crippen molar-refractivity contribution >= 4 is 34.0 Å². The van der Waals surface area contributed by atoms with E-state index in [1.807, 2.05) is 6.08 Å². The molecular weight excluding hydrogens is 260 g/mol. The third kappa shape index (κ3) is 3.29. The molecule has 1 aromatic carbocycles. The lowest BCUT2D eigenvalue weighted by molar-refractivity contribution is 1.17. The van der Waals surface area contributed by atoms with E-state index >= 15 is 0 Å². The number of rotatable bonds is 6. The van der Waals surface area contributed by atoms with E-state index in [0.717, 1.165) is 23.7 Å². The number of H-pyrrole nitrogens is 1. The number of hydrogen-bond acceptors (Lipinski definition) is 5. The first-order chi connectivity index (χ1) is 9.22. The fourth-order valence-electron chi connectivity index (χ4n) is 1.71. The van der Waals surface area contributed by atoms with Gasteiger partial charge in [-0.1, -0.05) is 6.08 Å². The van der Waals surface area contributed by atoms with Gasteiger partial charge >= 0.3 is 0 Å². The van der Waals surface area contributed by atoms with E-state index in [0.29, 0.717) is 16.6 Å². The van der Waals surface area contributed by atoms with Gasteiger partial charge in [0.05, 0.1) is 28.6 Å². The number of nitrogens with two attached hydrogens (primary N) is 1. The summed E-state index contributed by atoms with van der Waals surface area (Å²) in [6.45, 7) is 4.47. The third-order valence-corrected chi connectivity index (χ3v) is 3.57. The molecule has 0 fully saturated rings. The van der Waals surface area contributed by atoms with Crippen molar-refractivity contribution in [3.05, 3.63) is 41.5 Å². The van der Waals surface area contributed by atoms with Crippen LogP contribution in [0.2, 0.25) is 0 Å². The van der Waals surface area contributed by atoms with Crippen LogP contribution in [0.5, 0.6) is 0 Å². The van der Waals surface area contributed by atoms with Crippen molar-refractivity contribution in [1.82, 2.24) is 9.97 Å². The summed E-state index contributed by atoms with van der Waals surface area (Å²) in [4.78, 5) is 18.3. The summed E-state index contributed by atoms with van der Waals surface area (Å²) in [5, 5.41) is 3.76. The molecule has 2 rings (SSSR count). The first-order valence-electron chi connectivity index (χ1n) is 5.92. The van der Waals surface area contributed by atoms with Crippen molar-refractivity contribution in [1.29, 1.82) is 0 Å². The highest BCUT2D eigenvalue weighted by molar-refractivity contribution is 7.99. The second kappa shape index (κ2) is 6.29. The minimum Gasteiger partial charge on any atom is -0.397 e. The van der Waals surface area contributed by atoms with E-state index in [2.05, 4.69) is 21.9 Å². The zero-order chi connectivity index (χ0) is 13.7. The van der Waals surface area contributed by atoms with E-state index < -0.39 is 0 Å². The molecule has 0 saturated heterocycles. The molecule has 0 bridgehead atoms. The predicted molar refractivity (Wildman–Crippen MR) is 82.8 cm³/mol. The van der Waals surface area contributed by atoms with Gasteiger partial charge in [0.15, 0.2) is 0 Å². The lowest BCUT2D eigenvalue weighted by Gasteiger charge is -2.09. The van der Waals surface area contributed by atoms with Crippen molar-refractivity contribution in [2.45, 2.75) is 0 Å². The highest BCUT2D eigenvalue weighted by Crippen LogP contribution is 2.22. The van der Waals surface area contributed by atoms with Crippen LogP contribution in [0, 0.1) is 0 Å². The number of benzene rings is 1. The molecule has 0 spiro atoms. The van der Waals surface area contributed by atoms with E-state index in [1.165, 1.54) is 6.33 Å². The van der Waals surface area contributed by atoms with Crippen LogP contribution in [0.1, 0.15) is 0 Å². The van der Waals surface area contributed by atoms with Gasteiger partial charge in [-0.3, -0.25) is 4.79 Å². The van der Waals surface area contributed by atoms with Gasteiger partial charge in [0.2, 0.25) is 0 Å². The Bertz CT molecular complexity index is 638. The average Bonchev–Trinajstić information content (AvgIpc) is 2.40. The van der Waals surface area contributed by atoms with Crippen molar-refractivity contribution in [3.63, 3.8) is 0 Å². The Hall–Kier alpha value is -1.95. The number of anilines is 2. The molecular formula is C13H16N4OS. The van der Waals surface area contributed by atoms with Gasteiger partial charge in [-0.05, 0) is 12.1 Å². The van der Waals surface area contributed by atoms with Gasteiger partial charge in [-0.25, -0.2) is 4.98 Å². The fraction of sp³-hybridized carbons (Fsp3) is 0.231. The lowest BCUT2D eigenvalue weighted by atomic mass is 10.2. The van der Waals surface area contributed by atoms with Crippen LogP contribution in [-0.2, 0) is 0 Å². The molecule has 0 aliphatic heterocycles. The summed E-state index contributed by atoms with van der Waals surface area (Å²) in [5.41, 5.74) is 7.76. The standard InChI is InChI=1S/C13H16N4OS/c1-2-4-19-5-3-15-12-7-11-9(6-10(12)14)13(18)17-8-16-11/h2,6-8,15H,1,3-5,14H2,(H,16,17,18). The number of aromatic amines is 1. The van der Waals surface area contributed by atoms with Crippen LogP contribution in [0.25, 0.3) is 10.9 Å². The zero-order valence-corrected chi connectivity index (χ0v) is 11.3. The second-order valence-electron chi connectivity index (χ2n) is 3.98. The van der Waals surface area contributed by atoms with Crippen molar-refractivity contribution in [2.24, 2.45) is 0 Å². The summed E-state index contributed by atoms with van der Waals surface area (Å²) < 4.78 is 0. The monoisotopic (exact) mass is 276 g/mol. The summed E-state index contributed by atoms with van der Waals surface area (Å²) >= 11 is 1.79. The number of hydrogen-bond donors (Lipinski definition) is 3. The quantitative estimate of drug-likeness (QED) is 0.426. The Morgan fingerprint density at radius 3 is 3.16 bits per heavy atom. The molecule has 0 aliphatic carbocycles. The molecule has 100 valence electrons. The number of fused-ring (bicyclic) bond motifs is 1. The number of thioether (sulfide) groups is 1. The third-order valence-electron chi connectivity index (χ3n) is 2.61. The smallest absolute Gasteiger partial charge is 0.258 e. The Morgan fingerprint density at radius 1 is 1.53 bits per heavy atom. The summed E-state index contributed by atoms with van der Waals surface area (Å²) in [7, 11) is 0. The molecule has 0 radical (unpaired) electrons. The van der Waals surface area contributed by atoms with Crippen LogP contribution >= 0.6 is 11.8 Å². The Morgan fingerprint density at radius 2 is 2.37 bits per heavy atom. The number of nitrogens with one attached hydrogen (secondary N) is 2. The normalized spacial score (nSPS) is 10.5. The van der Waals surface area contributed by atoms with Crippen LogP contribution in [0.4, 0.5) is 11.4 Å². The van der Waals surface area contributed by atoms with Gasteiger partial charge in [0.1, 0.15) is 0 Å². The van der Waals surface area contributed by atoms with Gasteiger partial charge < -0.3 is 16.0 Å².